The monoisotopic (exact) mass is 243 g/mol. The van der Waals surface area contributed by atoms with Gasteiger partial charge in [-0.15, -0.1) is 0 Å². The molecule has 1 aromatic carbocycles. The van der Waals surface area contributed by atoms with E-state index in [1.807, 2.05) is 0 Å². The van der Waals surface area contributed by atoms with Crippen molar-refractivity contribution >= 4 is 5.69 Å². The topological polar surface area (TPSA) is 3.24 Å². The molecule has 0 unspecified atom stereocenters. The average molecular weight is 243 g/mol. The maximum absolute atomic E-state index is 12.8. The number of anilines is 1. The molecule has 0 atom stereocenters. The van der Waals surface area contributed by atoms with Crippen molar-refractivity contribution in [3.63, 3.8) is 0 Å². The molecule has 0 N–H and O–H groups in total. The Morgan fingerprint density at radius 2 is 1.44 bits per heavy atom. The van der Waals surface area contributed by atoms with Gasteiger partial charge in [-0.25, -0.2) is 4.39 Å². The third-order valence-corrected chi connectivity index (χ3v) is 1.87. The highest BCUT2D eigenvalue weighted by Crippen LogP contribution is 2.40. The van der Waals surface area contributed by atoms with E-state index >= 15 is 0 Å². The van der Waals surface area contributed by atoms with Crippen LogP contribution in [0.1, 0.15) is 0 Å². The Morgan fingerprint density at radius 1 is 0.938 bits per heavy atom. The van der Waals surface area contributed by atoms with Gasteiger partial charge in [0.15, 0.2) is 6.80 Å². The van der Waals surface area contributed by atoms with Crippen molar-refractivity contribution in [2.45, 2.75) is 12.2 Å². The zero-order chi connectivity index (χ0) is 12.4. The summed E-state index contributed by atoms with van der Waals surface area (Å²) >= 11 is 0. The summed E-state index contributed by atoms with van der Waals surface area (Å²) in [5, 5.41) is 0. The van der Waals surface area contributed by atoms with E-state index in [1.165, 1.54) is 18.2 Å². The second-order valence-electron chi connectivity index (χ2n) is 2.92. The molecule has 7 heteroatoms. The minimum atomic E-state index is -5.82. The van der Waals surface area contributed by atoms with Gasteiger partial charge in [0.1, 0.15) is 0 Å². The maximum atomic E-state index is 12.8. The van der Waals surface area contributed by atoms with Crippen LogP contribution in [0.5, 0.6) is 0 Å². The molecule has 16 heavy (non-hydrogen) atoms. The average Bonchev–Trinajstić information content (AvgIpc) is 2.18. The number of para-hydroxylation sites is 1. The van der Waals surface area contributed by atoms with Gasteiger partial charge in [0.25, 0.3) is 0 Å². The van der Waals surface area contributed by atoms with Crippen LogP contribution in [0.4, 0.5) is 32.0 Å². The Morgan fingerprint density at radius 3 is 1.81 bits per heavy atom. The van der Waals surface area contributed by atoms with Crippen LogP contribution in [-0.2, 0) is 0 Å². The number of nitrogens with zero attached hydrogens (tertiary/aromatic N) is 1. The number of hydrogen-bond acceptors (Lipinski definition) is 1. The van der Waals surface area contributed by atoms with Crippen molar-refractivity contribution in [2.24, 2.45) is 0 Å². The van der Waals surface area contributed by atoms with E-state index < -0.39 is 29.6 Å². The molecule has 90 valence electrons. The molecule has 0 saturated heterocycles. The fourth-order valence-electron chi connectivity index (χ4n) is 1.07. The van der Waals surface area contributed by atoms with Gasteiger partial charge in [-0.3, -0.25) is 4.90 Å². The van der Waals surface area contributed by atoms with E-state index in [-0.39, 0.29) is 0 Å². The third-order valence-electron chi connectivity index (χ3n) is 1.87. The Labute approximate surface area is 87.3 Å². The largest absolute Gasteiger partial charge is 0.475 e. The molecule has 0 heterocycles. The summed E-state index contributed by atoms with van der Waals surface area (Å²) in [4.78, 5) is -0.646. The summed E-state index contributed by atoms with van der Waals surface area (Å²) in [6.45, 7) is -1.93. The summed E-state index contributed by atoms with van der Waals surface area (Å²) in [6.07, 6.45) is -5.82. The lowest BCUT2D eigenvalue weighted by Crippen LogP contribution is -2.52. The molecule has 0 aliphatic carbocycles. The first-order valence-electron chi connectivity index (χ1n) is 4.14. The molecule has 0 amide bonds. The van der Waals surface area contributed by atoms with Crippen LogP contribution >= 0.6 is 0 Å². The van der Waals surface area contributed by atoms with Gasteiger partial charge < -0.3 is 0 Å². The Balaban J connectivity index is 3.09. The molecule has 0 saturated carbocycles. The van der Waals surface area contributed by atoms with Crippen molar-refractivity contribution in [1.29, 1.82) is 0 Å². The van der Waals surface area contributed by atoms with E-state index in [4.69, 9.17) is 0 Å². The van der Waals surface area contributed by atoms with Crippen LogP contribution in [0.2, 0.25) is 0 Å². The van der Waals surface area contributed by atoms with E-state index in [1.54, 1.807) is 0 Å². The lowest BCUT2D eigenvalue weighted by atomic mass is 10.3. The molecule has 0 aliphatic heterocycles. The van der Waals surface area contributed by atoms with Gasteiger partial charge in [-0.05, 0) is 12.1 Å². The van der Waals surface area contributed by atoms with Crippen molar-refractivity contribution < 1.29 is 26.3 Å². The Hall–Kier alpha value is -1.40. The van der Waals surface area contributed by atoms with Crippen molar-refractivity contribution in [3.8, 4) is 0 Å². The van der Waals surface area contributed by atoms with Gasteiger partial charge in [0.2, 0.25) is 0 Å². The van der Waals surface area contributed by atoms with E-state index in [0.29, 0.717) is 0 Å². The predicted octanol–water partition coefficient (Wildman–Crippen LogP) is 3.58. The van der Waals surface area contributed by atoms with Crippen molar-refractivity contribution in [3.05, 3.63) is 30.3 Å². The zero-order valence-corrected chi connectivity index (χ0v) is 7.81. The molecule has 0 fully saturated rings. The second-order valence-corrected chi connectivity index (χ2v) is 2.92. The molecule has 0 aliphatic rings. The second kappa shape index (κ2) is 4.23. The first-order valence-corrected chi connectivity index (χ1v) is 4.14. The first kappa shape index (κ1) is 12.7. The molecule has 0 bridgehead atoms. The normalized spacial score (nSPS) is 12.6. The lowest BCUT2D eigenvalue weighted by molar-refractivity contribution is -0.282. The lowest BCUT2D eigenvalue weighted by Gasteiger charge is -2.31. The maximum Gasteiger partial charge on any atom is 0.475 e. The number of halogens is 6. The van der Waals surface area contributed by atoms with Crippen LogP contribution in [-0.4, -0.2) is 19.0 Å². The van der Waals surface area contributed by atoms with E-state index in [9.17, 15) is 26.3 Å². The quantitative estimate of drug-likeness (QED) is 0.579. The molecule has 1 rings (SSSR count). The molecule has 1 aromatic rings. The number of hydrogen-bond donors (Lipinski definition) is 0. The summed E-state index contributed by atoms with van der Waals surface area (Å²) in [5.41, 5.74) is -0.535. The van der Waals surface area contributed by atoms with Crippen LogP contribution < -0.4 is 4.90 Å². The molecular formula is C9H7F6N. The van der Waals surface area contributed by atoms with Crippen LogP contribution in [0.15, 0.2) is 30.3 Å². The molecule has 0 radical (unpaired) electrons. The molecule has 0 spiro atoms. The number of benzene rings is 1. The van der Waals surface area contributed by atoms with Gasteiger partial charge in [0, 0.05) is 5.69 Å². The zero-order valence-electron chi connectivity index (χ0n) is 7.81. The summed E-state index contributed by atoms with van der Waals surface area (Å²) in [5.74, 6) is 0. The Bertz CT molecular complexity index is 334. The van der Waals surface area contributed by atoms with E-state index in [2.05, 4.69) is 0 Å². The first-order chi connectivity index (χ1) is 7.30. The SMILES string of the molecule is FCN(c1ccccc1)C(F)(F)C(F)(F)F. The fraction of sp³-hybridized carbons (Fsp3) is 0.333. The van der Waals surface area contributed by atoms with Gasteiger partial charge in [-0.1, -0.05) is 18.2 Å². The van der Waals surface area contributed by atoms with Crippen LogP contribution in [0.3, 0.4) is 0 Å². The molecule has 1 nitrogen and oxygen atoms in total. The van der Waals surface area contributed by atoms with Gasteiger partial charge >= 0.3 is 12.2 Å². The highest BCUT2D eigenvalue weighted by atomic mass is 19.4. The van der Waals surface area contributed by atoms with Crippen LogP contribution in [0.25, 0.3) is 0 Å². The summed E-state index contributed by atoms with van der Waals surface area (Å²) < 4.78 is 74.0. The smallest absolute Gasteiger partial charge is 0.277 e. The predicted molar refractivity (Wildman–Crippen MR) is 45.9 cm³/mol. The molecule has 0 aromatic heterocycles. The van der Waals surface area contributed by atoms with Crippen molar-refractivity contribution in [1.82, 2.24) is 0 Å². The third kappa shape index (κ3) is 2.23. The minimum Gasteiger partial charge on any atom is -0.277 e. The van der Waals surface area contributed by atoms with Gasteiger partial charge in [-0.2, -0.15) is 22.0 Å². The summed E-state index contributed by atoms with van der Waals surface area (Å²) in [7, 11) is 0. The van der Waals surface area contributed by atoms with Crippen LogP contribution in [0, 0.1) is 0 Å². The summed E-state index contributed by atoms with van der Waals surface area (Å²) in [6, 6.07) is 0.613. The molecular weight excluding hydrogens is 236 g/mol. The number of rotatable bonds is 3. The fourth-order valence-corrected chi connectivity index (χ4v) is 1.07. The highest BCUT2D eigenvalue weighted by Gasteiger charge is 2.62. The highest BCUT2D eigenvalue weighted by molar-refractivity contribution is 5.47. The van der Waals surface area contributed by atoms with Crippen molar-refractivity contribution in [2.75, 3.05) is 11.7 Å². The number of alkyl halides is 6. The Kier molecular flexibility index (Phi) is 3.35. The minimum absolute atomic E-state index is 0.535. The standard InChI is InChI=1S/C9H7F6N/c10-6-16(7-4-2-1-3-5-7)9(14,15)8(11,12)13/h1-5H,6H2. The van der Waals surface area contributed by atoms with Gasteiger partial charge in [0.05, 0.1) is 0 Å². The van der Waals surface area contributed by atoms with E-state index in [0.717, 1.165) is 12.1 Å².